The van der Waals surface area contributed by atoms with Crippen molar-refractivity contribution in [1.82, 2.24) is 9.88 Å². The molecule has 5 nitrogen and oxygen atoms in total. The highest BCUT2D eigenvalue weighted by Crippen LogP contribution is 2.36. The number of Topliss-reactive ketones (excluding diaryl/α,β-unsaturated/α-hetero) is 1. The maximum absolute atomic E-state index is 12.5. The number of carbonyl (C=O) groups excluding carboxylic acids is 3. The molecule has 1 aromatic heterocycles. The van der Waals surface area contributed by atoms with E-state index in [2.05, 4.69) is 4.98 Å². The first kappa shape index (κ1) is 19.7. The number of hydrogen-bond donors (Lipinski definition) is 0. The summed E-state index contributed by atoms with van der Waals surface area (Å²) in [5.41, 5.74) is 0.177. The van der Waals surface area contributed by atoms with Crippen molar-refractivity contribution in [2.24, 2.45) is 0 Å². The zero-order valence-corrected chi connectivity index (χ0v) is 17.1. The topological polar surface area (TPSA) is 67.3 Å². The number of ketones is 1. The van der Waals surface area contributed by atoms with Crippen LogP contribution in [-0.4, -0.2) is 33.4 Å². The Kier molecular flexibility index (Phi) is 5.96. The van der Waals surface area contributed by atoms with Crippen LogP contribution in [0, 0.1) is 0 Å². The van der Waals surface area contributed by atoms with Crippen molar-refractivity contribution in [3.05, 3.63) is 53.2 Å². The van der Waals surface area contributed by atoms with Crippen LogP contribution < -0.4 is 0 Å². The minimum Gasteiger partial charge on any atom is -0.292 e. The van der Waals surface area contributed by atoms with Gasteiger partial charge in [-0.15, -0.1) is 11.3 Å². The molecule has 2 heterocycles. The summed E-state index contributed by atoms with van der Waals surface area (Å²) in [6.07, 6.45) is 1.43. The largest absolute Gasteiger partial charge is 0.293 e. The molecule has 0 atom stereocenters. The molecule has 2 amide bonds. The van der Waals surface area contributed by atoms with Crippen molar-refractivity contribution in [2.45, 2.75) is 0 Å². The van der Waals surface area contributed by atoms with E-state index in [1.807, 2.05) is 0 Å². The van der Waals surface area contributed by atoms with Crippen molar-refractivity contribution in [3.63, 3.8) is 0 Å². The highest BCUT2D eigenvalue weighted by atomic mass is 35.5. The molecule has 11 heteroatoms. The Labute approximate surface area is 175 Å². The molecule has 26 heavy (non-hydrogen) atoms. The molecule has 0 aliphatic carbocycles. The van der Waals surface area contributed by atoms with Crippen molar-refractivity contribution in [3.8, 4) is 0 Å². The third-order valence-electron chi connectivity index (χ3n) is 3.25. The third-order valence-corrected chi connectivity index (χ3v) is 6.21. The standard InChI is InChI=1S/C15H6Cl4N2O3S2/c16-6-1-2-7(8(17)3-6)9(22)5-21-13(23)11(26-15(21)24)4-10-12(18)20-14(19)25-10/h1-4H,5H2/b11-4-. The number of aromatic nitrogens is 1. The van der Waals surface area contributed by atoms with E-state index >= 15 is 0 Å². The Morgan fingerprint density at radius 2 is 1.92 bits per heavy atom. The molecule has 1 fully saturated rings. The molecular formula is C15H6Cl4N2O3S2. The van der Waals surface area contributed by atoms with Gasteiger partial charge in [-0.25, -0.2) is 4.98 Å². The Morgan fingerprint density at radius 1 is 1.19 bits per heavy atom. The lowest BCUT2D eigenvalue weighted by Gasteiger charge is -2.12. The first-order valence-electron chi connectivity index (χ1n) is 6.81. The van der Waals surface area contributed by atoms with Crippen LogP contribution in [0.5, 0.6) is 0 Å². The Balaban J connectivity index is 1.81. The summed E-state index contributed by atoms with van der Waals surface area (Å²) in [5.74, 6) is -1.08. The minimum absolute atomic E-state index is 0.132. The Morgan fingerprint density at radius 3 is 2.54 bits per heavy atom. The quantitative estimate of drug-likeness (QED) is 0.427. The Hall–Kier alpha value is -1.09. The van der Waals surface area contributed by atoms with Gasteiger partial charge in [0.05, 0.1) is 21.3 Å². The summed E-state index contributed by atoms with van der Waals surface area (Å²) in [7, 11) is 0. The second-order valence-electron chi connectivity index (χ2n) is 4.94. The summed E-state index contributed by atoms with van der Waals surface area (Å²) < 4.78 is 0.216. The summed E-state index contributed by atoms with van der Waals surface area (Å²) >= 11 is 25.3. The van der Waals surface area contributed by atoms with Gasteiger partial charge in [0, 0.05) is 10.6 Å². The second-order valence-corrected chi connectivity index (χ2v) is 8.74. The van der Waals surface area contributed by atoms with Crippen LogP contribution in [0.25, 0.3) is 6.08 Å². The zero-order chi connectivity index (χ0) is 19.0. The van der Waals surface area contributed by atoms with Crippen molar-refractivity contribution >= 4 is 92.5 Å². The number of amides is 2. The van der Waals surface area contributed by atoms with Crippen LogP contribution in [0.1, 0.15) is 15.2 Å². The number of thiazole rings is 1. The van der Waals surface area contributed by atoms with Crippen LogP contribution in [-0.2, 0) is 4.79 Å². The zero-order valence-electron chi connectivity index (χ0n) is 12.5. The summed E-state index contributed by atoms with van der Waals surface area (Å²) in [4.78, 5) is 42.2. The fourth-order valence-corrected chi connectivity index (χ4v) is 4.79. The predicted octanol–water partition coefficient (Wildman–Crippen LogP) is 5.68. The summed E-state index contributed by atoms with van der Waals surface area (Å²) in [6.45, 7) is -0.430. The molecule has 3 rings (SSSR count). The van der Waals surface area contributed by atoms with Gasteiger partial charge >= 0.3 is 0 Å². The molecule has 0 bridgehead atoms. The van der Waals surface area contributed by atoms with E-state index in [1.165, 1.54) is 24.3 Å². The fourth-order valence-electron chi connectivity index (χ4n) is 2.08. The number of nitrogens with zero attached hydrogens (tertiary/aromatic N) is 2. The van der Waals surface area contributed by atoms with E-state index in [0.29, 0.717) is 21.7 Å². The van der Waals surface area contributed by atoms with Crippen molar-refractivity contribution in [1.29, 1.82) is 0 Å². The van der Waals surface area contributed by atoms with E-state index in [9.17, 15) is 14.4 Å². The van der Waals surface area contributed by atoms with E-state index in [0.717, 1.165) is 16.2 Å². The van der Waals surface area contributed by atoms with Gasteiger partial charge < -0.3 is 0 Å². The lowest BCUT2D eigenvalue weighted by Crippen LogP contribution is -2.33. The molecule has 1 aliphatic rings. The second kappa shape index (κ2) is 7.88. The van der Waals surface area contributed by atoms with Crippen molar-refractivity contribution in [2.75, 3.05) is 6.54 Å². The summed E-state index contributed by atoms with van der Waals surface area (Å²) in [5, 5.41) is 0.0964. The van der Waals surface area contributed by atoms with Crippen LogP contribution in [0.2, 0.25) is 19.7 Å². The number of imide groups is 1. The smallest absolute Gasteiger partial charge is 0.292 e. The number of carbonyl (C=O) groups is 3. The van der Waals surface area contributed by atoms with Gasteiger partial charge in [0.25, 0.3) is 11.1 Å². The van der Waals surface area contributed by atoms with E-state index in [-0.39, 0.29) is 25.1 Å². The van der Waals surface area contributed by atoms with E-state index < -0.39 is 23.5 Å². The van der Waals surface area contributed by atoms with Gasteiger partial charge in [-0.2, -0.15) is 0 Å². The lowest BCUT2D eigenvalue weighted by atomic mass is 10.1. The third kappa shape index (κ3) is 4.08. The SMILES string of the molecule is O=C(CN1C(=O)S/C(=C\c2sc(Cl)nc2Cl)C1=O)c1ccc(Cl)cc1Cl. The van der Waals surface area contributed by atoms with Gasteiger partial charge in [0.15, 0.2) is 10.3 Å². The van der Waals surface area contributed by atoms with Crippen LogP contribution in [0.3, 0.4) is 0 Å². The van der Waals surface area contributed by atoms with Crippen LogP contribution in [0.15, 0.2) is 23.1 Å². The lowest BCUT2D eigenvalue weighted by molar-refractivity contribution is -0.122. The number of hydrogen-bond acceptors (Lipinski definition) is 6. The molecular weight excluding hydrogens is 462 g/mol. The summed E-state index contributed by atoms with van der Waals surface area (Å²) in [6, 6.07) is 4.37. The average Bonchev–Trinajstić information content (AvgIpc) is 3.00. The molecule has 0 N–H and O–H groups in total. The molecule has 0 unspecified atom stereocenters. The Bertz CT molecular complexity index is 974. The average molecular weight is 468 g/mol. The first-order valence-corrected chi connectivity index (χ1v) is 9.96. The van der Waals surface area contributed by atoms with E-state index in [1.54, 1.807) is 0 Å². The van der Waals surface area contributed by atoms with Gasteiger partial charge in [-0.05, 0) is 36.0 Å². The molecule has 0 saturated carbocycles. The normalized spacial score (nSPS) is 16.0. The monoisotopic (exact) mass is 466 g/mol. The fraction of sp³-hybridized carbons (Fsp3) is 0.0667. The predicted molar refractivity (Wildman–Crippen MR) is 106 cm³/mol. The van der Waals surface area contributed by atoms with Crippen LogP contribution in [0.4, 0.5) is 4.79 Å². The maximum Gasteiger partial charge on any atom is 0.293 e. The van der Waals surface area contributed by atoms with Crippen molar-refractivity contribution < 1.29 is 14.4 Å². The molecule has 1 aromatic carbocycles. The first-order chi connectivity index (χ1) is 12.3. The molecule has 1 aliphatic heterocycles. The number of halogens is 4. The highest BCUT2D eigenvalue weighted by molar-refractivity contribution is 8.18. The molecule has 0 spiro atoms. The molecule has 134 valence electrons. The maximum atomic E-state index is 12.5. The number of rotatable bonds is 4. The minimum atomic E-state index is -0.598. The van der Waals surface area contributed by atoms with E-state index in [4.69, 9.17) is 46.4 Å². The molecule has 2 aromatic rings. The van der Waals surface area contributed by atoms with Gasteiger partial charge in [-0.1, -0.05) is 46.4 Å². The van der Waals surface area contributed by atoms with Gasteiger partial charge in [-0.3, -0.25) is 19.3 Å². The molecule has 1 saturated heterocycles. The number of thioether (sulfide) groups is 1. The number of benzene rings is 1. The van der Waals surface area contributed by atoms with Crippen LogP contribution >= 0.6 is 69.5 Å². The highest BCUT2D eigenvalue weighted by Gasteiger charge is 2.37. The molecule has 0 radical (unpaired) electrons. The van der Waals surface area contributed by atoms with Gasteiger partial charge in [0.2, 0.25) is 0 Å². The van der Waals surface area contributed by atoms with Gasteiger partial charge in [0.1, 0.15) is 5.15 Å².